The molecule has 0 spiro atoms. The van der Waals surface area contributed by atoms with Gasteiger partial charge in [-0.1, -0.05) is 25.1 Å². The lowest BCUT2D eigenvalue weighted by Gasteiger charge is -2.13. The first kappa shape index (κ1) is 16.4. The second-order valence-electron chi connectivity index (χ2n) is 5.14. The van der Waals surface area contributed by atoms with Gasteiger partial charge in [-0.25, -0.2) is 4.99 Å². The number of aliphatic imine (C=N–C) groups is 1. The van der Waals surface area contributed by atoms with Gasteiger partial charge in [-0.3, -0.25) is 20.2 Å². The van der Waals surface area contributed by atoms with Crippen LogP contribution in [0.25, 0.3) is 0 Å². The summed E-state index contributed by atoms with van der Waals surface area (Å²) >= 11 is 0. The van der Waals surface area contributed by atoms with Crippen LogP contribution in [0.15, 0.2) is 64.5 Å². The van der Waals surface area contributed by atoms with Crippen LogP contribution in [0.3, 0.4) is 0 Å². The molecular formula is C17H18N6O2. The number of aryl methyl sites for hydroxylation is 1. The summed E-state index contributed by atoms with van der Waals surface area (Å²) in [6.45, 7) is 2.28. The van der Waals surface area contributed by atoms with Crippen molar-refractivity contribution in [2.24, 2.45) is 4.99 Å². The van der Waals surface area contributed by atoms with Crippen molar-refractivity contribution in [1.82, 2.24) is 25.6 Å². The third-order valence-electron chi connectivity index (χ3n) is 3.45. The summed E-state index contributed by atoms with van der Waals surface area (Å²) in [4.78, 5) is 16.7. The average Bonchev–Trinajstić information content (AvgIpc) is 3.34. The Morgan fingerprint density at radius 3 is 2.76 bits per heavy atom. The van der Waals surface area contributed by atoms with E-state index in [9.17, 15) is 4.79 Å². The van der Waals surface area contributed by atoms with Crippen LogP contribution in [0.5, 0.6) is 0 Å². The Labute approximate surface area is 144 Å². The number of rotatable bonds is 4. The molecule has 0 saturated carbocycles. The maximum atomic E-state index is 12.2. The Morgan fingerprint density at radius 1 is 1.20 bits per heavy atom. The molecule has 0 unspecified atom stereocenters. The van der Waals surface area contributed by atoms with Crippen LogP contribution in [0.2, 0.25) is 0 Å². The van der Waals surface area contributed by atoms with Gasteiger partial charge in [-0.2, -0.15) is 0 Å². The lowest BCUT2D eigenvalue weighted by atomic mass is 10.2. The Bertz CT molecular complexity index is 839. The summed E-state index contributed by atoms with van der Waals surface area (Å²) < 4.78 is 6.98. The van der Waals surface area contributed by atoms with Crippen molar-refractivity contribution < 1.29 is 9.21 Å². The lowest BCUT2D eigenvalue weighted by molar-refractivity contribution is 0.0943. The third-order valence-corrected chi connectivity index (χ3v) is 3.45. The van der Waals surface area contributed by atoms with Gasteiger partial charge < -0.3 is 4.42 Å². The zero-order valence-electron chi connectivity index (χ0n) is 13.7. The molecule has 0 radical (unpaired) electrons. The highest BCUT2D eigenvalue weighted by atomic mass is 16.3. The average molecular weight is 338 g/mol. The maximum absolute atomic E-state index is 12.2. The van der Waals surface area contributed by atoms with Gasteiger partial charge in [0.25, 0.3) is 5.91 Å². The highest BCUT2D eigenvalue weighted by Crippen LogP contribution is 2.03. The van der Waals surface area contributed by atoms with E-state index in [0.29, 0.717) is 30.2 Å². The molecule has 0 saturated heterocycles. The molecule has 0 fully saturated rings. The largest absolute Gasteiger partial charge is 0.467 e. The molecular weight excluding hydrogens is 320 g/mol. The number of nitrogens with zero attached hydrogens (tertiary/aromatic N) is 4. The van der Waals surface area contributed by atoms with Gasteiger partial charge in [0.2, 0.25) is 5.96 Å². The topological polar surface area (TPSA) is 97.3 Å². The Morgan fingerprint density at radius 2 is 2.04 bits per heavy atom. The van der Waals surface area contributed by atoms with Crippen molar-refractivity contribution in [3.05, 3.63) is 72.2 Å². The highest BCUT2D eigenvalue weighted by Gasteiger charge is 2.11. The van der Waals surface area contributed by atoms with Crippen LogP contribution >= 0.6 is 0 Å². The number of carbonyl (C=O) groups is 1. The zero-order valence-corrected chi connectivity index (χ0v) is 13.7. The number of amides is 1. The first-order chi connectivity index (χ1) is 12.3. The second kappa shape index (κ2) is 7.91. The number of aromatic nitrogens is 3. The SMILES string of the molecule is CCc1nncn1C(=NCc1ccco1)NNC(=O)c1ccccc1. The minimum Gasteiger partial charge on any atom is -0.467 e. The van der Waals surface area contributed by atoms with Gasteiger partial charge in [0.1, 0.15) is 24.5 Å². The van der Waals surface area contributed by atoms with Crippen LogP contribution in [0.1, 0.15) is 28.9 Å². The van der Waals surface area contributed by atoms with Gasteiger partial charge in [0.05, 0.1) is 6.26 Å². The molecule has 0 aliphatic rings. The smallest absolute Gasteiger partial charge is 0.269 e. The van der Waals surface area contributed by atoms with E-state index in [1.54, 1.807) is 47.5 Å². The molecule has 0 atom stereocenters. The number of carbonyl (C=O) groups excluding carboxylic acids is 1. The number of benzene rings is 1. The zero-order chi connectivity index (χ0) is 17.5. The van der Waals surface area contributed by atoms with Crippen LogP contribution in [-0.4, -0.2) is 26.6 Å². The van der Waals surface area contributed by atoms with Gasteiger partial charge >= 0.3 is 0 Å². The Hall–Kier alpha value is -3.42. The minimum atomic E-state index is -0.266. The molecule has 2 heterocycles. The fourth-order valence-corrected chi connectivity index (χ4v) is 2.18. The fraction of sp³-hybridized carbons (Fsp3) is 0.176. The molecule has 3 aromatic rings. The number of hydrazine groups is 1. The molecule has 8 nitrogen and oxygen atoms in total. The van der Waals surface area contributed by atoms with Crippen molar-refractivity contribution in [1.29, 1.82) is 0 Å². The number of hydrogen-bond acceptors (Lipinski definition) is 5. The molecule has 128 valence electrons. The standard InChI is InChI=1S/C17H18N6O2/c1-2-15-20-19-12-23(15)17(18-11-14-9-6-10-25-14)22-21-16(24)13-7-4-3-5-8-13/h3-10,12H,2,11H2,1H3,(H,18,22)(H,21,24). The van der Waals surface area contributed by atoms with E-state index in [1.807, 2.05) is 19.1 Å². The van der Waals surface area contributed by atoms with E-state index in [0.717, 1.165) is 5.82 Å². The summed E-state index contributed by atoms with van der Waals surface area (Å²) in [6.07, 6.45) is 3.81. The molecule has 0 aliphatic carbocycles. The number of nitrogens with one attached hydrogen (secondary N) is 2. The summed E-state index contributed by atoms with van der Waals surface area (Å²) in [6, 6.07) is 12.5. The van der Waals surface area contributed by atoms with Crippen LogP contribution in [0.4, 0.5) is 0 Å². The first-order valence-electron chi connectivity index (χ1n) is 7.85. The molecule has 2 N–H and O–H groups in total. The van der Waals surface area contributed by atoms with Crippen molar-refractivity contribution >= 4 is 11.9 Å². The van der Waals surface area contributed by atoms with Crippen molar-refractivity contribution in [3.63, 3.8) is 0 Å². The Balaban J connectivity index is 1.76. The normalized spacial score (nSPS) is 11.3. The highest BCUT2D eigenvalue weighted by molar-refractivity contribution is 5.95. The minimum absolute atomic E-state index is 0.266. The summed E-state index contributed by atoms with van der Waals surface area (Å²) in [5.41, 5.74) is 6.03. The molecule has 0 bridgehead atoms. The predicted molar refractivity (Wildman–Crippen MR) is 91.7 cm³/mol. The van der Waals surface area contributed by atoms with Crippen LogP contribution in [0, 0.1) is 0 Å². The van der Waals surface area contributed by atoms with Crippen molar-refractivity contribution in [2.45, 2.75) is 19.9 Å². The van der Waals surface area contributed by atoms with Crippen LogP contribution in [-0.2, 0) is 13.0 Å². The van der Waals surface area contributed by atoms with E-state index < -0.39 is 0 Å². The number of hydrogen-bond donors (Lipinski definition) is 2. The van der Waals surface area contributed by atoms with Gasteiger partial charge in [0.15, 0.2) is 0 Å². The van der Waals surface area contributed by atoms with Crippen molar-refractivity contribution in [3.8, 4) is 0 Å². The molecule has 2 aromatic heterocycles. The van der Waals surface area contributed by atoms with Gasteiger partial charge in [-0.15, -0.1) is 10.2 Å². The molecule has 25 heavy (non-hydrogen) atoms. The van der Waals surface area contributed by atoms with E-state index in [-0.39, 0.29) is 5.91 Å². The third kappa shape index (κ3) is 4.11. The molecule has 1 amide bonds. The van der Waals surface area contributed by atoms with E-state index in [1.165, 1.54) is 0 Å². The van der Waals surface area contributed by atoms with Gasteiger partial charge in [-0.05, 0) is 24.3 Å². The summed E-state index contributed by atoms with van der Waals surface area (Å²) in [7, 11) is 0. The van der Waals surface area contributed by atoms with E-state index >= 15 is 0 Å². The quantitative estimate of drug-likeness (QED) is 0.429. The number of furan rings is 1. The monoisotopic (exact) mass is 338 g/mol. The van der Waals surface area contributed by atoms with Crippen LogP contribution < -0.4 is 10.9 Å². The van der Waals surface area contributed by atoms with Crippen molar-refractivity contribution in [2.75, 3.05) is 0 Å². The molecule has 1 aromatic carbocycles. The summed E-state index contributed by atoms with van der Waals surface area (Å²) in [5.74, 6) is 1.57. The van der Waals surface area contributed by atoms with E-state index in [4.69, 9.17) is 4.42 Å². The molecule has 3 rings (SSSR count). The Kier molecular flexibility index (Phi) is 5.20. The van der Waals surface area contributed by atoms with Gasteiger partial charge in [0, 0.05) is 12.0 Å². The fourth-order valence-electron chi connectivity index (χ4n) is 2.18. The molecule has 0 aliphatic heterocycles. The molecule has 8 heteroatoms. The second-order valence-corrected chi connectivity index (χ2v) is 5.14. The lowest BCUT2D eigenvalue weighted by Crippen LogP contribution is -2.45. The maximum Gasteiger partial charge on any atom is 0.269 e. The predicted octanol–water partition coefficient (Wildman–Crippen LogP) is 1.77. The first-order valence-corrected chi connectivity index (χ1v) is 7.85. The van der Waals surface area contributed by atoms with E-state index in [2.05, 4.69) is 26.0 Å². The summed E-state index contributed by atoms with van der Waals surface area (Å²) in [5, 5.41) is 7.94.